The van der Waals surface area contributed by atoms with Gasteiger partial charge >= 0.3 is 5.97 Å². The van der Waals surface area contributed by atoms with E-state index in [0.717, 1.165) is 5.56 Å². The van der Waals surface area contributed by atoms with Gasteiger partial charge in [0.05, 0.1) is 7.11 Å². The number of esters is 1. The van der Waals surface area contributed by atoms with Crippen LogP contribution in [0.25, 0.3) is 0 Å². The zero-order chi connectivity index (χ0) is 18.0. The second kappa shape index (κ2) is 7.45. The molecular weight excluding hydrogens is 365 g/mol. The maximum absolute atomic E-state index is 13.2. The zero-order valence-corrected chi connectivity index (χ0v) is 14.9. The van der Waals surface area contributed by atoms with Crippen molar-refractivity contribution in [2.75, 3.05) is 12.9 Å². The van der Waals surface area contributed by atoms with Gasteiger partial charge in [-0.1, -0.05) is 29.8 Å². The van der Waals surface area contributed by atoms with Gasteiger partial charge in [-0.2, -0.15) is 0 Å². The largest absolute Gasteiger partial charge is 0.467 e. The first-order chi connectivity index (χ1) is 12.0. The van der Waals surface area contributed by atoms with Gasteiger partial charge in [0, 0.05) is 21.9 Å². The summed E-state index contributed by atoms with van der Waals surface area (Å²) in [6.07, 6.45) is 0. The maximum Gasteiger partial charge on any atom is 0.329 e. The highest BCUT2D eigenvalue weighted by atomic mass is 35.5. The van der Waals surface area contributed by atoms with Crippen LogP contribution in [0, 0.1) is 5.82 Å². The van der Waals surface area contributed by atoms with Crippen molar-refractivity contribution in [3.63, 3.8) is 0 Å². The number of amides is 1. The Morgan fingerprint density at radius 1 is 1.20 bits per heavy atom. The minimum Gasteiger partial charge on any atom is -0.467 e. The van der Waals surface area contributed by atoms with E-state index >= 15 is 0 Å². The molecule has 1 heterocycles. The molecule has 2 atom stereocenters. The minimum atomic E-state index is -0.728. The van der Waals surface area contributed by atoms with Crippen LogP contribution in [0.1, 0.15) is 21.3 Å². The van der Waals surface area contributed by atoms with Crippen LogP contribution in [0.3, 0.4) is 0 Å². The fourth-order valence-electron chi connectivity index (χ4n) is 2.73. The van der Waals surface area contributed by atoms with Crippen molar-refractivity contribution >= 4 is 35.2 Å². The molecule has 25 heavy (non-hydrogen) atoms. The Bertz CT molecular complexity index is 799. The van der Waals surface area contributed by atoms with Crippen LogP contribution in [-0.4, -0.2) is 35.7 Å². The smallest absolute Gasteiger partial charge is 0.329 e. The van der Waals surface area contributed by atoms with Crippen molar-refractivity contribution in [2.24, 2.45) is 0 Å². The molecule has 130 valence electrons. The summed E-state index contributed by atoms with van der Waals surface area (Å²) < 4.78 is 18.0. The molecule has 0 N–H and O–H groups in total. The van der Waals surface area contributed by atoms with Gasteiger partial charge in [0.2, 0.25) is 0 Å². The van der Waals surface area contributed by atoms with Gasteiger partial charge in [0.25, 0.3) is 5.91 Å². The van der Waals surface area contributed by atoms with E-state index in [0.29, 0.717) is 16.3 Å². The molecule has 0 saturated carbocycles. The van der Waals surface area contributed by atoms with Crippen LogP contribution < -0.4 is 0 Å². The number of carbonyl (C=O) groups excluding carboxylic acids is 2. The van der Waals surface area contributed by atoms with Gasteiger partial charge in [0.15, 0.2) is 0 Å². The molecule has 1 saturated heterocycles. The van der Waals surface area contributed by atoms with E-state index in [2.05, 4.69) is 0 Å². The van der Waals surface area contributed by atoms with Gasteiger partial charge in [0.1, 0.15) is 17.2 Å². The monoisotopic (exact) mass is 379 g/mol. The van der Waals surface area contributed by atoms with E-state index < -0.39 is 23.2 Å². The summed E-state index contributed by atoms with van der Waals surface area (Å²) in [6.45, 7) is 0. The fraction of sp³-hybridized carbons (Fsp3) is 0.222. The van der Waals surface area contributed by atoms with Gasteiger partial charge in [-0.15, -0.1) is 11.8 Å². The highest BCUT2D eigenvalue weighted by Crippen LogP contribution is 2.44. The minimum absolute atomic E-state index is 0.301. The van der Waals surface area contributed by atoms with Gasteiger partial charge < -0.3 is 9.64 Å². The van der Waals surface area contributed by atoms with Crippen molar-refractivity contribution in [1.82, 2.24) is 4.90 Å². The molecule has 1 amide bonds. The lowest BCUT2D eigenvalue weighted by atomic mass is 10.1. The number of methoxy groups -OCH3 is 1. The molecule has 1 aliphatic heterocycles. The van der Waals surface area contributed by atoms with Crippen LogP contribution >= 0.6 is 23.4 Å². The van der Waals surface area contributed by atoms with Crippen LogP contribution in [0.4, 0.5) is 4.39 Å². The van der Waals surface area contributed by atoms with E-state index in [-0.39, 0.29) is 5.91 Å². The molecule has 1 fully saturated rings. The summed E-state index contributed by atoms with van der Waals surface area (Å²) in [5.74, 6) is -0.891. The first-order valence-electron chi connectivity index (χ1n) is 7.55. The SMILES string of the molecule is COC(=O)C1CSC(c2ccccc2Cl)N1C(=O)c1ccc(F)cc1. The molecule has 2 aromatic rings. The van der Waals surface area contributed by atoms with Crippen molar-refractivity contribution in [3.05, 3.63) is 70.5 Å². The number of thioether (sulfide) groups is 1. The van der Waals surface area contributed by atoms with Crippen LogP contribution in [0.2, 0.25) is 5.02 Å². The molecule has 0 aliphatic carbocycles. The van der Waals surface area contributed by atoms with Crippen molar-refractivity contribution in [3.8, 4) is 0 Å². The summed E-state index contributed by atoms with van der Waals surface area (Å²) >= 11 is 7.73. The van der Waals surface area contributed by atoms with Crippen LogP contribution in [-0.2, 0) is 9.53 Å². The number of carbonyl (C=O) groups is 2. The van der Waals surface area contributed by atoms with Crippen LogP contribution in [0.5, 0.6) is 0 Å². The lowest BCUT2D eigenvalue weighted by molar-refractivity contribution is -0.145. The quantitative estimate of drug-likeness (QED) is 0.758. The maximum atomic E-state index is 13.2. The highest BCUT2D eigenvalue weighted by Gasteiger charge is 2.43. The number of hydrogen-bond acceptors (Lipinski definition) is 4. The topological polar surface area (TPSA) is 46.6 Å². The third kappa shape index (κ3) is 3.50. The molecule has 1 aliphatic rings. The number of rotatable bonds is 3. The Labute approximate surface area is 153 Å². The van der Waals surface area contributed by atoms with E-state index in [9.17, 15) is 14.0 Å². The predicted molar refractivity (Wildman–Crippen MR) is 95.0 cm³/mol. The van der Waals surface area contributed by atoms with E-state index in [1.807, 2.05) is 12.1 Å². The third-order valence-electron chi connectivity index (χ3n) is 3.97. The Kier molecular flexibility index (Phi) is 5.30. The fourth-order valence-corrected chi connectivity index (χ4v) is 4.48. The predicted octanol–water partition coefficient (Wildman–Crippen LogP) is 3.91. The first kappa shape index (κ1) is 17.8. The lowest BCUT2D eigenvalue weighted by Crippen LogP contribution is -2.43. The van der Waals surface area contributed by atoms with Gasteiger partial charge in [-0.3, -0.25) is 4.79 Å². The molecule has 4 nitrogen and oxygen atoms in total. The first-order valence-corrected chi connectivity index (χ1v) is 8.97. The number of nitrogens with zero attached hydrogens (tertiary/aromatic N) is 1. The zero-order valence-electron chi connectivity index (χ0n) is 13.3. The number of ether oxygens (including phenoxy) is 1. The molecule has 7 heteroatoms. The Morgan fingerprint density at radius 3 is 2.52 bits per heavy atom. The molecule has 0 aromatic heterocycles. The molecule has 2 unspecified atom stereocenters. The van der Waals surface area contributed by atoms with Crippen molar-refractivity contribution in [1.29, 1.82) is 0 Å². The molecule has 0 bridgehead atoms. The number of benzene rings is 2. The normalized spacial score (nSPS) is 19.7. The summed E-state index contributed by atoms with van der Waals surface area (Å²) in [5, 5.41) is 0.0952. The van der Waals surface area contributed by atoms with Crippen molar-refractivity contribution in [2.45, 2.75) is 11.4 Å². The second-order valence-corrected chi connectivity index (χ2v) is 6.99. The Morgan fingerprint density at radius 2 is 1.88 bits per heavy atom. The molecular formula is C18H15ClFNO3S. The number of hydrogen-bond donors (Lipinski definition) is 0. The molecule has 2 aromatic carbocycles. The van der Waals surface area contributed by atoms with Gasteiger partial charge in [-0.25, -0.2) is 9.18 Å². The average molecular weight is 380 g/mol. The van der Waals surface area contributed by atoms with Gasteiger partial charge in [-0.05, 0) is 30.3 Å². The van der Waals surface area contributed by atoms with Crippen molar-refractivity contribution < 1.29 is 18.7 Å². The molecule has 3 rings (SSSR count). The molecule has 0 spiro atoms. The summed E-state index contributed by atoms with van der Waals surface area (Å²) in [6, 6.07) is 11.7. The summed E-state index contributed by atoms with van der Waals surface area (Å²) in [4.78, 5) is 26.6. The van der Waals surface area contributed by atoms with E-state index in [4.69, 9.17) is 16.3 Å². The van der Waals surface area contributed by atoms with E-state index in [1.54, 1.807) is 12.1 Å². The highest BCUT2D eigenvalue weighted by molar-refractivity contribution is 7.99. The Balaban J connectivity index is 2.01. The number of halogens is 2. The third-order valence-corrected chi connectivity index (χ3v) is 5.62. The summed E-state index contributed by atoms with van der Waals surface area (Å²) in [5.41, 5.74) is 1.05. The standard InChI is InChI=1S/C18H15ClFNO3S/c1-24-18(23)15-10-25-17(13-4-2-3-5-14(13)19)21(15)16(22)11-6-8-12(20)9-7-11/h2-9,15,17H,10H2,1H3. The average Bonchev–Trinajstić information content (AvgIpc) is 3.06. The lowest BCUT2D eigenvalue weighted by Gasteiger charge is -2.28. The molecule has 0 radical (unpaired) electrons. The van der Waals surface area contributed by atoms with Crippen LogP contribution in [0.15, 0.2) is 48.5 Å². The summed E-state index contributed by atoms with van der Waals surface area (Å²) in [7, 11) is 1.29. The van der Waals surface area contributed by atoms with E-state index in [1.165, 1.54) is 48.0 Å². The second-order valence-electron chi connectivity index (χ2n) is 5.47. The Hall–Kier alpha value is -2.05.